The zero-order valence-corrected chi connectivity index (χ0v) is 21.5. The van der Waals surface area contributed by atoms with E-state index in [2.05, 4.69) is 20.9 Å². The van der Waals surface area contributed by atoms with E-state index in [0.717, 1.165) is 24.2 Å². The van der Waals surface area contributed by atoms with Gasteiger partial charge in [-0.3, -0.25) is 19.3 Å². The van der Waals surface area contributed by atoms with Crippen LogP contribution in [0.4, 0.5) is 5.69 Å². The Morgan fingerprint density at radius 1 is 1.03 bits per heavy atom. The van der Waals surface area contributed by atoms with E-state index in [9.17, 15) is 14.4 Å². The van der Waals surface area contributed by atoms with Gasteiger partial charge in [0.15, 0.2) is 0 Å². The van der Waals surface area contributed by atoms with Gasteiger partial charge in [0.25, 0.3) is 5.91 Å². The van der Waals surface area contributed by atoms with Gasteiger partial charge in [-0.1, -0.05) is 44.2 Å². The molecule has 1 fully saturated rings. The largest absolute Gasteiger partial charge is 0.379 e. The molecule has 194 valence electrons. The van der Waals surface area contributed by atoms with Crippen molar-refractivity contribution in [1.29, 1.82) is 0 Å². The standard InChI is InChI=1S/C28H38N4O4/c1-20(2)17-25(31-27(34)24-10-5-4-7-21(24)3)28(35)29-19-22-8-6-9-23(18-22)30-26(33)11-12-32-13-15-36-16-14-32/h4-10,18,20,25H,11-17,19H2,1-3H3,(H,29,35)(H,30,33)(H,31,34). The molecular weight excluding hydrogens is 456 g/mol. The number of aryl methyl sites for hydroxylation is 1. The summed E-state index contributed by atoms with van der Waals surface area (Å²) in [6.07, 6.45) is 0.946. The number of hydrogen-bond donors (Lipinski definition) is 3. The van der Waals surface area contributed by atoms with Crippen molar-refractivity contribution in [3.05, 3.63) is 65.2 Å². The monoisotopic (exact) mass is 494 g/mol. The molecule has 2 aromatic rings. The molecule has 0 saturated carbocycles. The molecule has 8 nitrogen and oxygen atoms in total. The minimum absolute atomic E-state index is 0.0430. The molecule has 3 N–H and O–H groups in total. The lowest BCUT2D eigenvalue weighted by molar-refractivity contribution is -0.123. The molecule has 8 heteroatoms. The maximum atomic E-state index is 13.0. The molecule has 1 unspecified atom stereocenters. The smallest absolute Gasteiger partial charge is 0.252 e. The van der Waals surface area contributed by atoms with Crippen molar-refractivity contribution in [1.82, 2.24) is 15.5 Å². The van der Waals surface area contributed by atoms with Crippen molar-refractivity contribution in [2.45, 2.75) is 46.2 Å². The van der Waals surface area contributed by atoms with Crippen LogP contribution in [0.1, 0.15) is 48.2 Å². The van der Waals surface area contributed by atoms with Crippen molar-refractivity contribution >= 4 is 23.4 Å². The number of morpholine rings is 1. The summed E-state index contributed by atoms with van der Waals surface area (Å²) in [5.74, 6) is -0.297. The van der Waals surface area contributed by atoms with Crippen LogP contribution in [0, 0.1) is 12.8 Å². The highest BCUT2D eigenvalue weighted by molar-refractivity contribution is 5.98. The first-order chi connectivity index (χ1) is 17.3. The molecule has 1 aliphatic rings. The van der Waals surface area contributed by atoms with Crippen LogP contribution in [0.5, 0.6) is 0 Å². The molecule has 2 aromatic carbocycles. The maximum Gasteiger partial charge on any atom is 0.252 e. The summed E-state index contributed by atoms with van der Waals surface area (Å²) in [7, 11) is 0. The van der Waals surface area contributed by atoms with Gasteiger partial charge in [-0.2, -0.15) is 0 Å². The average Bonchev–Trinajstić information content (AvgIpc) is 2.86. The highest BCUT2D eigenvalue weighted by atomic mass is 16.5. The predicted octanol–water partition coefficient (Wildman–Crippen LogP) is 3.12. The Morgan fingerprint density at radius 2 is 1.78 bits per heavy atom. The van der Waals surface area contributed by atoms with Gasteiger partial charge in [0.05, 0.1) is 13.2 Å². The van der Waals surface area contributed by atoms with E-state index in [1.807, 2.05) is 63.2 Å². The molecule has 0 aliphatic carbocycles. The number of nitrogens with zero attached hydrogens (tertiary/aromatic N) is 1. The SMILES string of the molecule is Cc1ccccc1C(=O)NC(CC(C)C)C(=O)NCc1cccc(NC(=O)CCN2CCOCC2)c1. The van der Waals surface area contributed by atoms with Crippen LogP contribution >= 0.6 is 0 Å². The van der Waals surface area contributed by atoms with Gasteiger partial charge in [-0.05, 0) is 48.6 Å². The van der Waals surface area contributed by atoms with Crippen LogP contribution in [0.3, 0.4) is 0 Å². The normalized spacial score (nSPS) is 14.8. The fourth-order valence-electron chi connectivity index (χ4n) is 4.15. The van der Waals surface area contributed by atoms with Crippen molar-refractivity contribution in [3.8, 4) is 0 Å². The molecule has 3 amide bonds. The second-order valence-electron chi connectivity index (χ2n) is 9.64. The maximum absolute atomic E-state index is 13.0. The van der Waals surface area contributed by atoms with E-state index < -0.39 is 6.04 Å². The Hall–Kier alpha value is -3.23. The third-order valence-corrected chi connectivity index (χ3v) is 6.15. The molecule has 0 spiro atoms. The highest BCUT2D eigenvalue weighted by Gasteiger charge is 2.23. The van der Waals surface area contributed by atoms with E-state index >= 15 is 0 Å². The molecule has 0 aromatic heterocycles. The molecule has 1 saturated heterocycles. The number of carbonyl (C=O) groups is 3. The lowest BCUT2D eigenvalue weighted by Gasteiger charge is -2.26. The van der Waals surface area contributed by atoms with E-state index in [1.165, 1.54) is 0 Å². The summed E-state index contributed by atoms with van der Waals surface area (Å²) >= 11 is 0. The van der Waals surface area contributed by atoms with E-state index in [4.69, 9.17) is 4.74 Å². The number of nitrogens with one attached hydrogen (secondary N) is 3. The number of hydrogen-bond acceptors (Lipinski definition) is 5. The predicted molar refractivity (Wildman–Crippen MR) is 141 cm³/mol. The Kier molecular flexibility index (Phi) is 10.5. The third-order valence-electron chi connectivity index (χ3n) is 6.15. The van der Waals surface area contributed by atoms with Gasteiger partial charge in [0, 0.05) is 43.9 Å². The molecule has 36 heavy (non-hydrogen) atoms. The van der Waals surface area contributed by atoms with Crippen LogP contribution in [0.2, 0.25) is 0 Å². The second-order valence-corrected chi connectivity index (χ2v) is 9.64. The fraction of sp³-hybridized carbons (Fsp3) is 0.464. The Balaban J connectivity index is 1.53. The number of carbonyl (C=O) groups excluding carboxylic acids is 3. The summed E-state index contributed by atoms with van der Waals surface area (Å²) in [5, 5.41) is 8.78. The van der Waals surface area contributed by atoms with Crippen molar-refractivity contribution in [3.63, 3.8) is 0 Å². The topological polar surface area (TPSA) is 99.8 Å². The van der Waals surface area contributed by atoms with E-state index in [-0.39, 0.29) is 23.6 Å². The minimum Gasteiger partial charge on any atom is -0.379 e. The van der Waals surface area contributed by atoms with Crippen LogP contribution in [0.15, 0.2) is 48.5 Å². The summed E-state index contributed by atoms with van der Waals surface area (Å²) < 4.78 is 5.34. The van der Waals surface area contributed by atoms with Gasteiger partial charge in [-0.25, -0.2) is 0 Å². The molecule has 1 heterocycles. The quantitative estimate of drug-likeness (QED) is 0.446. The second kappa shape index (κ2) is 13.8. The summed E-state index contributed by atoms with van der Waals surface area (Å²) in [6, 6.07) is 14.1. The molecule has 0 bridgehead atoms. The van der Waals surface area contributed by atoms with Crippen LogP contribution in [0.25, 0.3) is 0 Å². The molecular formula is C28H38N4O4. The van der Waals surface area contributed by atoms with Gasteiger partial charge < -0.3 is 20.7 Å². The Morgan fingerprint density at radius 3 is 2.50 bits per heavy atom. The molecule has 0 radical (unpaired) electrons. The zero-order valence-electron chi connectivity index (χ0n) is 21.5. The van der Waals surface area contributed by atoms with Crippen molar-refractivity contribution in [2.75, 3.05) is 38.2 Å². The number of benzene rings is 2. The number of anilines is 1. The van der Waals surface area contributed by atoms with Gasteiger partial charge in [-0.15, -0.1) is 0 Å². The zero-order chi connectivity index (χ0) is 25.9. The molecule has 1 atom stereocenters. The lowest BCUT2D eigenvalue weighted by atomic mass is 10.0. The van der Waals surface area contributed by atoms with Crippen LogP contribution < -0.4 is 16.0 Å². The van der Waals surface area contributed by atoms with Crippen LogP contribution in [-0.4, -0.2) is 61.5 Å². The van der Waals surface area contributed by atoms with Crippen LogP contribution in [-0.2, 0) is 20.9 Å². The van der Waals surface area contributed by atoms with E-state index in [1.54, 1.807) is 6.07 Å². The van der Waals surface area contributed by atoms with E-state index in [0.29, 0.717) is 50.4 Å². The average molecular weight is 495 g/mol. The van der Waals surface area contributed by atoms with Gasteiger partial charge in [0.1, 0.15) is 6.04 Å². The summed E-state index contributed by atoms with van der Waals surface area (Å²) in [6.45, 7) is 10.0. The van der Waals surface area contributed by atoms with Crippen molar-refractivity contribution < 1.29 is 19.1 Å². The van der Waals surface area contributed by atoms with Gasteiger partial charge in [0.2, 0.25) is 11.8 Å². The highest BCUT2D eigenvalue weighted by Crippen LogP contribution is 2.13. The Labute approximate surface area is 213 Å². The van der Waals surface area contributed by atoms with Crippen molar-refractivity contribution in [2.24, 2.45) is 5.92 Å². The first-order valence-corrected chi connectivity index (χ1v) is 12.6. The number of amides is 3. The lowest BCUT2D eigenvalue weighted by Crippen LogP contribution is -2.47. The fourth-order valence-corrected chi connectivity index (χ4v) is 4.15. The number of rotatable bonds is 11. The Bertz CT molecular complexity index is 1030. The molecule has 3 rings (SSSR count). The summed E-state index contributed by atoms with van der Waals surface area (Å²) in [4.78, 5) is 40.4. The number of ether oxygens (including phenoxy) is 1. The molecule has 1 aliphatic heterocycles. The minimum atomic E-state index is -0.639. The van der Waals surface area contributed by atoms with Gasteiger partial charge >= 0.3 is 0 Å². The first kappa shape index (κ1) is 27.4. The third kappa shape index (κ3) is 8.77. The first-order valence-electron chi connectivity index (χ1n) is 12.6. The summed E-state index contributed by atoms with van der Waals surface area (Å²) in [5.41, 5.74) is 2.99.